The van der Waals surface area contributed by atoms with E-state index in [0.29, 0.717) is 34.4 Å². The monoisotopic (exact) mass is 339 g/mol. The van der Waals surface area contributed by atoms with E-state index in [2.05, 4.69) is 10.3 Å². The van der Waals surface area contributed by atoms with Crippen molar-refractivity contribution in [3.63, 3.8) is 0 Å². The Bertz CT molecular complexity index is 1010. The number of benzene rings is 2. The molecule has 0 unspecified atom stereocenters. The molecule has 2 aromatic carbocycles. The van der Waals surface area contributed by atoms with Crippen molar-refractivity contribution in [2.75, 3.05) is 5.32 Å². The summed E-state index contributed by atoms with van der Waals surface area (Å²) in [7, 11) is 0. The Morgan fingerprint density at radius 1 is 1.24 bits per heavy atom. The number of hydrogen-bond acceptors (Lipinski definition) is 3. The number of amides is 1. The van der Waals surface area contributed by atoms with Crippen molar-refractivity contribution in [2.45, 2.75) is 26.8 Å². The third kappa shape index (κ3) is 3.42. The lowest BCUT2D eigenvalue weighted by atomic mass is 10.2. The summed E-state index contributed by atoms with van der Waals surface area (Å²) in [4.78, 5) is 29.5. The first kappa shape index (κ1) is 16.8. The van der Waals surface area contributed by atoms with Crippen LogP contribution in [0.5, 0.6) is 0 Å². The number of aromatic nitrogens is 2. The number of anilines is 1. The van der Waals surface area contributed by atoms with E-state index in [0.717, 1.165) is 0 Å². The first-order valence-corrected chi connectivity index (χ1v) is 8.04. The highest BCUT2D eigenvalue weighted by Crippen LogP contribution is 2.14. The standard InChI is InChI=1S/C19H18FN3O2/c1-3-17-22-16-7-5-4-6-14(16)19(25)23(17)11-18(24)21-13-9-8-12(2)15(20)10-13/h4-10H,3,11H2,1-2H3,(H,21,24). The number of carbonyl (C=O) groups excluding carboxylic acids is 1. The van der Waals surface area contributed by atoms with Gasteiger partial charge in [-0.1, -0.05) is 25.1 Å². The van der Waals surface area contributed by atoms with Crippen molar-refractivity contribution in [2.24, 2.45) is 0 Å². The molecule has 3 aromatic rings. The van der Waals surface area contributed by atoms with Gasteiger partial charge in [-0.3, -0.25) is 14.2 Å². The first-order chi connectivity index (χ1) is 12.0. The Kier molecular flexibility index (Phi) is 4.61. The lowest BCUT2D eigenvalue weighted by molar-refractivity contribution is -0.116. The SMILES string of the molecule is CCc1nc2ccccc2c(=O)n1CC(=O)Nc1ccc(C)c(F)c1. The van der Waals surface area contributed by atoms with Gasteiger partial charge in [0, 0.05) is 12.1 Å². The fourth-order valence-electron chi connectivity index (χ4n) is 2.66. The number of nitrogens with one attached hydrogen (secondary N) is 1. The maximum Gasteiger partial charge on any atom is 0.261 e. The van der Waals surface area contributed by atoms with Crippen LogP contribution in [0.25, 0.3) is 10.9 Å². The molecule has 1 heterocycles. The normalized spacial score (nSPS) is 10.8. The van der Waals surface area contributed by atoms with Gasteiger partial charge in [-0.15, -0.1) is 0 Å². The fourth-order valence-corrected chi connectivity index (χ4v) is 2.66. The average molecular weight is 339 g/mol. The number of hydrogen-bond donors (Lipinski definition) is 1. The molecule has 0 bridgehead atoms. The van der Waals surface area contributed by atoms with Gasteiger partial charge in [-0.2, -0.15) is 0 Å². The van der Waals surface area contributed by atoms with Gasteiger partial charge in [0.1, 0.15) is 18.2 Å². The molecule has 0 saturated heterocycles. The third-order valence-electron chi connectivity index (χ3n) is 4.01. The Morgan fingerprint density at radius 2 is 2.00 bits per heavy atom. The highest BCUT2D eigenvalue weighted by atomic mass is 19.1. The maximum atomic E-state index is 13.6. The molecular formula is C19H18FN3O2. The molecule has 25 heavy (non-hydrogen) atoms. The van der Waals surface area contributed by atoms with E-state index in [9.17, 15) is 14.0 Å². The summed E-state index contributed by atoms with van der Waals surface area (Å²) in [5.41, 5.74) is 1.21. The number of carbonyl (C=O) groups is 1. The lowest BCUT2D eigenvalue weighted by Crippen LogP contribution is -2.31. The Hall–Kier alpha value is -3.02. The number of rotatable bonds is 4. The van der Waals surface area contributed by atoms with Crippen molar-refractivity contribution < 1.29 is 9.18 Å². The zero-order valence-electron chi connectivity index (χ0n) is 14.0. The summed E-state index contributed by atoms with van der Waals surface area (Å²) in [6, 6.07) is 11.5. The van der Waals surface area contributed by atoms with Crippen molar-refractivity contribution >= 4 is 22.5 Å². The van der Waals surface area contributed by atoms with Crippen LogP contribution >= 0.6 is 0 Å². The second-order valence-corrected chi connectivity index (χ2v) is 5.80. The van der Waals surface area contributed by atoms with E-state index < -0.39 is 11.7 Å². The van der Waals surface area contributed by atoms with Crippen molar-refractivity contribution in [1.82, 2.24) is 9.55 Å². The molecule has 0 aliphatic carbocycles. The summed E-state index contributed by atoms with van der Waals surface area (Å²) in [5, 5.41) is 3.09. The van der Waals surface area contributed by atoms with Gasteiger partial charge in [0.25, 0.3) is 5.56 Å². The number of fused-ring (bicyclic) bond motifs is 1. The minimum absolute atomic E-state index is 0.171. The highest BCUT2D eigenvalue weighted by molar-refractivity contribution is 5.90. The zero-order chi connectivity index (χ0) is 18.0. The molecule has 0 aliphatic rings. The molecule has 1 aromatic heterocycles. The Balaban J connectivity index is 1.91. The summed E-state index contributed by atoms with van der Waals surface area (Å²) < 4.78 is 15.0. The second-order valence-electron chi connectivity index (χ2n) is 5.80. The largest absolute Gasteiger partial charge is 0.324 e. The molecular weight excluding hydrogens is 321 g/mol. The molecule has 128 valence electrons. The number of halogens is 1. The summed E-state index contributed by atoms with van der Waals surface area (Å²) >= 11 is 0. The van der Waals surface area contributed by atoms with Gasteiger partial charge < -0.3 is 5.32 Å². The molecule has 0 radical (unpaired) electrons. The summed E-state index contributed by atoms with van der Waals surface area (Å²) in [6.07, 6.45) is 0.520. The van der Waals surface area contributed by atoms with E-state index in [4.69, 9.17) is 0 Å². The lowest BCUT2D eigenvalue weighted by Gasteiger charge is -2.13. The van der Waals surface area contributed by atoms with Crippen LogP contribution in [0.1, 0.15) is 18.3 Å². The van der Waals surface area contributed by atoms with E-state index >= 15 is 0 Å². The summed E-state index contributed by atoms with van der Waals surface area (Å²) in [6.45, 7) is 3.35. The second kappa shape index (κ2) is 6.84. The van der Waals surface area contributed by atoms with Crippen LogP contribution < -0.4 is 10.9 Å². The molecule has 0 aliphatic heterocycles. The minimum Gasteiger partial charge on any atom is -0.324 e. The number of nitrogens with zero attached hydrogens (tertiary/aromatic N) is 2. The average Bonchev–Trinajstić information content (AvgIpc) is 2.60. The van der Waals surface area contributed by atoms with Crippen LogP contribution in [0.4, 0.5) is 10.1 Å². The van der Waals surface area contributed by atoms with Gasteiger partial charge in [0.05, 0.1) is 10.9 Å². The van der Waals surface area contributed by atoms with E-state index in [1.165, 1.54) is 10.6 Å². The molecule has 0 saturated carbocycles. The molecule has 5 nitrogen and oxygen atoms in total. The van der Waals surface area contributed by atoms with E-state index in [1.54, 1.807) is 37.3 Å². The van der Waals surface area contributed by atoms with E-state index in [1.807, 2.05) is 13.0 Å². The van der Waals surface area contributed by atoms with Crippen LogP contribution in [-0.4, -0.2) is 15.5 Å². The molecule has 3 rings (SSSR count). The van der Waals surface area contributed by atoms with Crippen LogP contribution in [0.3, 0.4) is 0 Å². The highest BCUT2D eigenvalue weighted by Gasteiger charge is 2.13. The fraction of sp³-hybridized carbons (Fsp3) is 0.211. The summed E-state index contributed by atoms with van der Waals surface area (Å²) in [5.74, 6) is -0.261. The maximum absolute atomic E-state index is 13.6. The van der Waals surface area contributed by atoms with Crippen LogP contribution in [0.15, 0.2) is 47.3 Å². The molecule has 1 amide bonds. The smallest absolute Gasteiger partial charge is 0.261 e. The molecule has 1 N–H and O–H groups in total. The number of para-hydroxylation sites is 1. The van der Waals surface area contributed by atoms with E-state index in [-0.39, 0.29) is 12.1 Å². The van der Waals surface area contributed by atoms with Crippen LogP contribution in [0.2, 0.25) is 0 Å². The van der Waals surface area contributed by atoms with Crippen molar-refractivity contribution in [1.29, 1.82) is 0 Å². The van der Waals surface area contributed by atoms with Gasteiger partial charge in [-0.05, 0) is 36.8 Å². The molecule has 0 spiro atoms. The predicted octanol–water partition coefficient (Wildman–Crippen LogP) is 3.05. The van der Waals surface area contributed by atoms with Crippen LogP contribution in [0, 0.1) is 12.7 Å². The molecule has 0 atom stereocenters. The van der Waals surface area contributed by atoms with Gasteiger partial charge in [0.2, 0.25) is 5.91 Å². The minimum atomic E-state index is -0.405. The zero-order valence-corrected chi connectivity index (χ0v) is 14.0. The van der Waals surface area contributed by atoms with Gasteiger partial charge in [0.15, 0.2) is 0 Å². The van der Waals surface area contributed by atoms with Crippen molar-refractivity contribution in [3.05, 3.63) is 70.0 Å². The quantitative estimate of drug-likeness (QED) is 0.795. The first-order valence-electron chi connectivity index (χ1n) is 8.04. The van der Waals surface area contributed by atoms with Crippen LogP contribution in [-0.2, 0) is 17.8 Å². The molecule has 0 fully saturated rings. The van der Waals surface area contributed by atoms with Gasteiger partial charge in [-0.25, -0.2) is 9.37 Å². The topological polar surface area (TPSA) is 64.0 Å². The van der Waals surface area contributed by atoms with Gasteiger partial charge >= 0.3 is 0 Å². The Labute approximate surface area is 144 Å². The molecule has 6 heteroatoms. The third-order valence-corrected chi connectivity index (χ3v) is 4.01. The van der Waals surface area contributed by atoms with Crippen molar-refractivity contribution in [3.8, 4) is 0 Å². The Morgan fingerprint density at radius 3 is 2.72 bits per heavy atom. The predicted molar refractivity (Wildman–Crippen MR) is 95.1 cm³/mol. The number of aryl methyl sites for hydroxylation is 2.